The van der Waals surface area contributed by atoms with Crippen LogP contribution in [0.1, 0.15) is 87.1 Å². The van der Waals surface area contributed by atoms with Gasteiger partial charge in [0, 0.05) is 29.1 Å². The number of amides is 1. The van der Waals surface area contributed by atoms with Crippen LogP contribution < -0.4 is 11.1 Å². The molecule has 0 unspecified atom stereocenters. The molecule has 0 radical (unpaired) electrons. The molecule has 5 nitrogen and oxygen atoms in total. The summed E-state index contributed by atoms with van der Waals surface area (Å²) in [5, 5.41) is 4.04. The standard InChI is InChI=1S/C27H29F2N3O2.C2H6/c1-27(2)13-22-24(18-9-8-16(28)12-21(18)32(22)23(33)14-27)15-10-19(29)25(26(30)34)20(11-15)31-17-6-4-3-5-7-17;1-2/h8-12,17,31H,3-7,13-14H2,1-2H3,(H2,30,34);1-2H3. The van der Waals surface area contributed by atoms with E-state index in [1.807, 2.05) is 27.7 Å². The number of rotatable bonds is 4. The van der Waals surface area contributed by atoms with Gasteiger partial charge in [0.2, 0.25) is 5.91 Å². The van der Waals surface area contributed by atoms with Crippen LogP contribution in [-0.4, -0.2) is 22.4 Å². The lowest BCUT2D eigenvalue weighted by Crippen LogP contribution is -2.31. The molecule has 2 aromatic carbocycles. The molecule has 1 aromatic heterocycles. The van der Waals surface area contributed by atoms with Crippen LogP contribution in [0.15, 0.2) is 30.3 Å². The largest absolute Gasteiger partial charge is 0.382 e. The Labute approximate surface area is 211 Å². The molecule has 0 atom stereocenters. The number of hydrogen-bond donors (Lipinski definition) is 2. The first-order valence-corrected chi connectivity index (χ1v) is 12.9. The highest BCUT2D eigenvalue weighted by molar-refractivity contribution is 6.06. The monoisotopic (exact) mass is 495 g/mol. The van der Waals surface area contributed by atoms with E-state index in [1.165, 1.54) is 24.6 Å². The lowest BCUT2D eigenvalue weighted by molar-refractivity contribution is 0.0816. The van der Waals surface area contributed by atoms with E-state index in [0.29, 0.717) is 40.6 Å². The van der Waals surface area contributed by atoms with Crippen molar-refractivity contribution < 1.29 is 18.4 Å². The highest BCUT2D eigenvalue weighted by atomic mass is 19.1. The van der Waals surface area contributed by atoms with Crippen molar-refractivity contribution in [1.82, 2.24) is 4.57 Å². The van der Waals surface area contributed by atoms with Crippen molar-refractivity contribution >= 4 is 28.4 Å². The van der Waals surface area contributed by atoms with Gasteiger partial charge in [-0.3, -0.25) is 14.2 Å². The number of nitrogens with one attached hydrogen (secondary N) is 1. The Morgan fingerprint density at radius 1 is 1.06 bits per heavy atom. The molecule has 1 aliphatic heterocycles. The number of benzene rings is 2. The number of aromatic nitrogens is 1. The molecule has 2 aliphatic rings. The zero-order chi connectivity index (χ0) is 26.2. The van der Waals surface area contributed by atoms with Crippen molar-refractivity contribution in [2.45, 2.75) is 78.7 Å². The van der Waals surface area contributed by atoms with Crippen LogP contribution >= 0.6 is 0 Å². The molecule has 3 N–H and O–H groups in total. The first-order valence-electron chi connectivity index (χ1n) is 12.9. The maximum absolute atomic E-state index is 15.4. The molecule has 36 heavy (non-hydrogen) atoms. The fourth-order valence-electron chi connectivity index (χ4n) is 5.67. The number of carbonyl (C=O) groups excluding carboxylic acids is 2. The molecule has 2 heterocycles. The summed E-state index contributed by atoms with van der Waals surface area (Å²) in [6.45, 7) is 8.03. The number of nitrogens with two attached hydrogens (primary N) is 1. The van der Waals surface area contributed by atoms with Gasteiger partial charge in [-0.2, -0.15) is 0 Å². The first-order chi connectivity index (χ1) is 17.1. The van der Waals surface area contributed by atoms with Gasteiger partial charge in [-0.25, -0.2) is 8.78 Å². The topological polar surface area (TPSA) is 77.1 Å². The van der Waals surface area contributed by atoms with E-state index in [9.17, 15) is 14.0 Å². The Morgan fingerprint density at radius 2 is 1.75 bits per heavy atom. The lowest BCUT2D eigenvalue weighted by atomic mass is 9.80. The molecule has 1 amide bonds. The predicted octanol–water partition coefficient (Wildman–Crippen LogP) is 7.07. The Kier molecular flexibility index (Phi) is 7.21. The third-order valence-electron chi connectivity index (χ3n) is 7.14. The second kappa shape index (κ2) is 10.0. The molecular formula is C29H35F2N3O2. The Morgan fingerprint density at radius 3 is 2.42 bits per heavy atom. The molecule has 192 valence electrons. The molecule has 0 saturated heterocycles. The first kappa shape index (κ1) is 25.9. The number of fused-ring (bicyclic) bond motifs is 3. The van der Waals surface area contributed by atoms with Crippen molar-refractivity contribution in [2.24, 2.45) is 11.1 Å². The summed E-state index contributed by atoms with van der Waals surface area (Å²) in [6, 6.07) is 7.53. The second-order valence-corrected chi connectivity index (χ2v) is 10.5. The van der Waals surface area contributed by atoms with Crippen LogP contribution in [0.4, 0.5) is 14.5 Å². The van der Waals surface area contributed by atoms with E-state index in [1.54, 1.807) is 16.7 Å². The third-order valence-corrected chi connectivity index (χ3v) is 7.14. The molecule has 1 saturated carbocycles. The summed E-state index contributed by atoms with van der Waals surface area (Å²) in [7, 11) is 0. The summed E-state index contributed by atoms with van der Waals surface area (Å²) in [6.07, 6.45) is 6.11. The molecule has 0 bridgehead atoms. The van der Waals surface area contributed by atoms with E-state index >= 15 is 4.39 Å². The minimum absolute atomic E-state index is 0.108. The van der Waals surface area contributed by atoms with Crippen LogP contribution in [0.5, 0.6) is 0 Å². The minimum Gasteiger partial charge on any atom is -0.382 e. The normalized spacial score (nSPS) is 17.3. The zero-order valence-electron chi connectivity index (χ0n) is 21.5. The smallest absolute Gasteiger partial charge is 0.253 e. The van der Waals surface area contributed by atoms with Crippen LogP contribution in [0.2, 0.25) is 0 Å². The number of hydrogen-bond acceptors (Lipinski definition) is 3. The van der Waals surface area contributed by atoms with Gasteiger partial charge in [0.25, 0.3) is 5.91 Å². The van der Waals surface area contributed by atoms with Crippen LogP contribution in [0, 0.1) is 17.0 Å². The number of halogens is 2. The van der Waals surface area contributed by atoms with E-state index in [4.69, 9.17) is 5.73 Å². The summed E-state index contributed by atoms with van der Waals surface area (Å²) in [4.78, 5) is 25.2. The molecule has 3 aromatic rings. The minimum atomic E-state index is -0.829. The Hall–Kier alpha value is -3.22. The maximum Gasteiger partial charge on any atom is 0.253 e. The lowest BCUT2D eigenvalue weighted by Gasteiger charge is -2.31. The second-order valence-electron chi connectivity index (χ2n) is 10.5. The molecular weight excluding hydrogens is 460 g/mol. The Balaban J connectivity index is 0.00000148. The third kappa shape index (κ3) is 4.75. The molecule has 7 heteroatoms. The van der Waals surface area contributed by atoms with Crippen molar-refractivity contribution in [3.05, 3.63) is 53.2 Å². The van der Waals surface area contributed by atoms with Gasteiger partial charge in [0.05, 0.1) is 16.8 Å². The van der Waals surface area contributed by atoms with Gasteiger partial charge in [-0.05, 0) is 60.6 Å². The quantitative estimate of drug-likeness (QED) is 0.406. The van der Waals surface area contributed by atoms with E-state index in [2.05, 4.69) is 5.32 Å². The summed E-state index contributed by atoms with van der Waals surface area (Å²) in [5.74, 6) is -2.08. The van der Waals surface area contributed by atoms with Gasteiger partial charge < -0.3 is 11.1 Å². The number of anilines is 1. The van der Waals surface area contributed by atoms with Crippen LogP contribution in [-0.2, 0) is 6.42 Å². The SMILES string of the molecule is CC.CC1(C)CC(=O)n2c(c(-c3cc(F)c(C(N)=O)c(NC4CCCCC4)c3)c3ccc(F)cc32)C1. The number of nitrogens with zero attached hydrogens (tertiary/aromatic N) is 1. The highest BCUT2D eigenvalue weighted by Gasteiger charge is 2.35. The van der Waals surface area contributed by atoms with Gasteiger partial charge >= 0.3 is 0 Å². The summed E-state index contributed by atoms with van der Waals surface area (Å²) in [5.41, 5.74) is 7.91. The van der Waals surface area contributed by atoms with Crippen LogP contribution in [0.3, 0.4) is 0 Å². The van der Waals surface area contributed by atoms with Crippen molar-refractivity contribution in [2.75, 3.05) is 5.32 Å². The van der Waals surface area contributed by atoms with Crippen molar-refractivity contribution in [3.8, 4) is 11.1 Å². The number of carbonyl (C=O) groups is 2. The van der Waals surface area contributed by atoms with Gasteiger partial charge in [-0.1, -0.05) is 47.0 Å². The highest BCUT2D eigenvalue weighted by Crippen LogP contribution is 2.44. The van der Waals surface area contributed by atoms with Gasteiger partial charge in [0.15, 0.2) is 0 Å². The van der Waals surface area contributed by atoms with Crippen molar-refractivity contribution in [3.63, 3.8) is 0 Å². The van der Waals surface area contributed by atoms with E-state index < -0.39 is 17.5 Å². The maximum atomic E-state index is 15.4. The zero-order valence-corrected chi connectivity index (χ0v) is 21.5. The van der Waals surface area contributed by atoms with Gasteiger partial charge in [0.1, 0.15) is 11.6 Å². The van der Waals surface area contributed by atoms with Crippen LogP contribution in [0.25, 0.3) is 22.0 Å². The summed E-state index contributed by atoms with van der Waals surface area (Å²) < 4.78 is 31.1. The van der Waals surface area contributed by atoms with Gasteiger partial charge in [-0.15, -0.1) is 0 Å². The van der Waals surface area contributed by atoms with E-state index in [-0.39, 0.29) is 22.9 Å². The average molecular weight is 496 g/mol. The fraction of sp³-hybridized carbons (Fsp3) is 0.448. The molecule has 1 aliphatic carbocycles. The van der Waals surface area contributed by atoms with E-state index in [0.717, 1.165) is 31.4 Å². The summed E-state index contributed by atoms with van der Waals surface area (Å²) >= 11 is 0. The Bertz CT molecular complexity index is 1320. The fourth-order valence-corrected chi connectivity index (χ4v) is 5.67. The predicted molar refractivity (Wildman–Crippen MR) is 140 cm³/mol. The molecule has 5 rings (SSSR count). The molecule has 1 fully saturated rings. The number of primary amides is 1. The van der Waals surface area contributed by atoms with Crippen molar-refractivity contribution in [1.29, 1.82) is 0 Å². The average Bonchev–Trinajstić information content (AvgIpc) is 3.12. The molecule has 0 spiro atoms.